The molecule has 0 spiro atoms. The molecule has 0 bridgehead atoms. The zero-order valence-electron chi connectivity index (χ0n) is 14.7. The van der Waals surface area contributed by atoms with Crippen molar-refractivity contribution in [2.45, 2.75) is 31.7 Å². The van der Waals surface area contributed by atoms with Gasteiger partial charge in [-0.05, 0) is 36.5 Å². The summed E-state index contributed by atoms with van der Waals surface area (Å²) in [6, 6.07) is 14.2. The van der Waals surface area contributed by atoms with Crippen LogP contribution in [0.25, 0.3) is 0 Å². The van der Waals surface area contributed by atoms with E-state index in [1.165, 1.54) is 12.1 Å². The van der Waals surface area contributed by atoms with Crippen LogP contribution in [0.15, 0.2) is 48.5 Å². The summed E-state index contributed by atoms with van der Waals surface area (Å²) in [4.78, 5) is 23.5. The van der Waals surface area contributed by atoms with E-state index in [0.29, 0.717) is 32.6 Å². The van der Waals surface area contributed by atoms with Gasteiger partial charge >= 0.3 is 0 Å². The Morgan fingerprint density at radius 2 is 1.81 bits per heavy atom. The molecule has 1 fully saturated rings. The number of aryl methyl sites for hydroxylation is 1. The molecular formula is C20H22N2O4. The first-order valence-corrected chi connectivity index (χ1v) is 8.68. The number of nitro benzene ring substituents is 1. The molecule has 1 saturated heterocycles. The molecule has 26 heavy (non-hydrogen) atoms. The lowest BCUT2D eigenvalue weighted by Gasteiger charge is -2.37. The van der Waals surface area contributed by atoms with Crippen molar-refractivity contribution in [3.63, 3.8) is 0 Å². The number of ether oxygens (including phenoxy) is 1. The maximum atomic E-state index is 13.1. The fourth-order valence-corrected chi connectivity index (χ4v) is 3.54. The van der Waals surface area contributed by atoms with Crippen LogP contribution >= 0.6 is 0 Å². The highest BCUT2D eigenvalue weighted by molar-refractivity contribution is 5.88. The summed E-state index contributed by atoms with van der Waals surface area (Å²) in [5, 5.41) is 13.8. The van der Waals surface area contributed by atoms with Crippen LogP contribution in [0.2, 0.25) is 0 Å². The van der Waals surface area contributed by atoms with Crippen molar-refractivity contribution in [1.82, 2.24) is 5.32 Å². The van der Waals surface area contributed by atoms with Crippen molar-refractivity contribution in [2.24, 2.45) is 0 Å². The Morgan fingerprint density at radius 3 is 2.42 bits per heavy atom. The number of hydrogen-bond donors (Lipinski definition) is 1. The number of nitro groups is 1. The Balaban J connectivity index is 1.78. The number of rotatable bonds is 5. The third kappa shape index (κ3) is 3.60. The fourth-order valence-electron chi connectivity index (χ4n) is 3.54. The predicted molar refractivity (Wildman–Crippen MR) is 97.9 cm³/mol. The summed E-state index contributed by atoms with van der Waals surface area (Å²) in [6.07, 6.45) is 1.29. The SMILES string of the molecule is Cc1ccccc1C1(C(=O)NCc2ccc([N+](=O)[O-])cc2)CCOCC1. The van der Waals surface area contributed by atoms with Gasteiger partial charge in [-0.3, -0.25) is 14.9 Å². The Kier molecular flexibility index (Phi) is 5.32. The smallest absolute Gasteiger partial charge is 0.269 e. The molecule has 6 heteroatoms. The van der Waals surface area contributed by atoms with Gasteiger partial charge in [0.15, 0.2) is 0 Å². The van der Waals surface area contributed by atoms with Crippen LogP contribution in [0.5, 0.6) is 0 Å². The van der Waals surface area contributed by atoms with Gasteiger partial charge in [-0.2, -0.15) is 0 Å². The van der Waals surface area contributed by atoms with E-state index in [1.54, 1.807) is 12.1 Å². The molecule has 1 aliphatic rings. The van der Waals surface area contributed by atoms with Gasteiger partial charge < -0.3 is 10.1 Å². The van der Waals surface area contributed by atoms with Crippen molar-refractivity contribution in [3.05, 3.63) is 75.3 Å². The Morgan fingerprint density at radius 1 is 1.15 bits per heavy atom. The van der Waals surface area contributed by atoms with Crippen molar-refractivity contribution < 1.29 is 14.5 Å². The highest BCUT2D eigenvalue weighted by Crippen LogP contribution is 2.37. The van der Waals surface area contributed by atoms with Crippen molar-refractivity contribution >= 4 is 11.6 Å². The average Bonchev–Trinajstić information content (AvgIpc) is 2.67. The number of nitrogens with one attached hydrogen (secondary N) is 1. The molecule has 1 aliphatic heterocycles. The number of benzene rings is 2. The van der Waals surface area contributed by atoms with E-state index in [-0.39, 0.29) is 11.6 Å². The van der Waals surface area contributed by atoms with Gasteiger partial charge in [0.1, 0.15) is 0 Å². The minimum atomic E-state index is -0.593. The van der Waals surface area contributed by atoms with Crippen molar-refractivity contribution in [2.75, 3.05) is 13.2 Å². The van der Waals surface area contributed by atoms with Gasteiger partial charge in [-0.1, -0.05) is 36.4 Å². The van der Waals surface area contributed by atoms with E-state index in [9.17, 15) is 14.9 Å². The molecular weight excluding hydrogens is 332 g/mol. The van der Waals surface area contributed by atoms with Crippen molar-refractivity contribution in [1.29, 1.82) is 0 Å². The van der Waals surface area contributed by atoms with Crippen molar-refractivity contribution in [3.8, 4) is 0 Å². The third-order valence-corrected chi connectivity index (χ3v) is 5.04. The maximum absolute atomic E-state index is 13.1. The molecule has 0 radical (unpaired) electrons. The Labute approximate surface area is 152 Å². The first kappa shape index (κ1) is 18.1. The molecule has 136 valence electrons. The molecule has 6 nitrogen and oxygen atoms in total. The quantitative estimate of drug-likeness (QED) is 0.660. The second kappa shape index (κ2) is 7.66. The first-order valence-electron chi connectivity index (χ1n) is 8.68. The first-order chi connectivity index (χ1) is 12.5. The molecule has 1 N–H and O–H groups in total. The van der Waals surface area contributed by atoms with Gasteiger partial charge in [0, 0.05) is 31.9 Å². The summed E-state index contributed by atoms with van der Waals surface area (Å²) in [5.74, 6) is -0.0200. The van der Waals surface area contributed by atoms with Gasteiger partial charge in [0.2, 0.25) is 5.91 Å². The maximum Gasteiger partial charge on any atom is 0.269 e. The Bertz CT molecular complexity index is 796. The highest BCUT2D eigenvalue weighted by Gasteiger charge is 2.42. The molecule has 0 atom stereocenters. The summed E-state index contributed by atoms with van der Waals surface area (Å²) >= 11 is 0. The second-order valence-electron chi connectivity index (χ2n) is 6.62. The topological polar surface area (TPSA) is 81.5 Å². The lowest BCUT2D eigenvalue weighted by Crippen LogP contribution is -2.48. The normalized spacial score (nSPS) is 16.0. The van der Waals surface area contributed by atoms with Gasteiger partial charge in [-0.15, -0.1) is 0 Å². The zero-order chi connectivity index (χ0) is 18.6. The lowest BCUT2D eigenvalue weighted by molar-refractivity contribution is -0.384. The molecule has 0 aliphatic carbocycles. The predicted octanol–water partition coefficient (Wildman–Crippen LogP) is 3.27. The van der Waals surface area contributed by atoms with Crippen LogP contribution in [0, 0.1) is 17.0 Å². The number of carbonyl (C=O) groups is 1. The number of amides is 1. The van der Waals surface area contributed by atoms with Gasteiger partial charge in [-0.25, -0.2) is 0 Å². The lowest BCUT2D eigenvalue weighted by atomic mass is 9.71. The van der Waals surface area contributed by atoms with Crippen LogP contribution < -0.4 is 5.32 Å². The van der Waals surface area contributed by atoms with Crippen LogP contribution in [0.4, 0.5) is 5.69 Å². The summed E-state index contributed by atoms with van der Waals surface area (Å²) in [5.41, 5.74) is 2.42. The summed E-state index contributed by atoms with van der Waals surface area (Å²) in [6.45, 7) is 3.47. The number of nitrogens with zero attached hydrogens (tertiary/aromatic N) is 1. The zero-order valence-corrected chi connectivity index (χ0v) is 14.7. The highest BCUT2D eigenvalue weighted by atomic mass is 16.6. The van der Waals surface area contributed by atoms with Gasteiger partial charge in [0.05, 0.1) is 10.3 Å². The average molecular weight is 354 g/mol. The van der Waals surface area contributed by atoms with Crippen LogP contribution in [0.1, 0.15) is 29.5 Å². The standard InChI is InChI=1S/C20H22N2O4/c1-15-4-2-3-5-18(15)20(10-12-26-13-11-20)19(23)21-14-16-6-8-17(9-7-16)22(24)25/h2-9H,10-14H2,1H3,(H,21,23). The monoisotopic (exact) mass is 354 g/mol. The molecule has 0 aromatic heterocycles. The summed E-state index contributed by atoms with van der Waals surface area (Å²) in [7, 11) is 0. The molecule has 0 unspecified atom stereocenters. The second-order valence-corrected chi connectivity index (χ2v) is 6.62. The molecule has 0 saturated carbocycles. The molecule has 2 aromatic rings. The van der Waals surface area contributed by atoms with E-state index in [1.807, 2.05) is 31.2 Å². The molecule has 2 aromatic carbocycles. The van der Waals surface area contributed by atoms with E-state index >= 15 is 0 Å². The fraction of sp³-hybridized carbons (Fsp3) is 0.350. The number of hydrogen-bond acceptors (Lipinski definition) is 4. The molecule has 3 rings (SSSR count). The van der Waals surface area contributed by atoms with Crippen LogP contribution in [-0.4, -0.2) is 24.0 Å². The third-order valence-electron chi connectivity index (χ3n) is 5.04. The minimum absolute atomic E-state index is 0.0200. The van der Waals surface area contributed by atoms with E-state index < -0.39 is 10.3 Å². The minimum Gasteiger partial charge on any atom is -0.381 e. The number of non-ortho nitro benzene ring substituents is 1. The number of carbonyl (C=O) groups excluding carboxylic acids is 1. The van der Waals surface area contributed by atoms with E-state index in [0.717, 1.165) is 16.7 Å². The van der Waals surface area contributed by atoms with E-state index in [2.05, 4.69) is 5.32 Å². The molecule has 1 amide bonds. The Hall–Kier alpha value is -2.73. The summed E-state index contributed by atoms with van der Waals surface area (Å²) < 4.78 is 5.49. The largest absolute Gasteiger partial charge is 0.381 e. The van der Waals surface area contributed by atoms with E-state index in [4.69, 9.17) is 4.74 Å². The van der Waals surface area contributed by atoms with Crippen LogP contribution in [-0.2, 0) is 21.5 Å². The van der Waals surface area contributed by atoms with Crippen LogP contribution in [0.3, 0.4) is 0 Å². The van der Waals surface area contributed by atoms with Gasteiger partial charge in [0.25, 0.3) is 5.69 Å². The molecule has 1 heterocycles.